The Hall–Kier alpha value is -8.35. The van der Waals surface area contributed by atoms with E-state index in [1.807, 2.05) is 10.6 Å². The van der Waals surface area contributed by atoms with Crippen LogP contribution in [-0.2, 0) is 33.6 Å². The van der Waals surface area contributed by atoms with Crippen molar-refractivity contribution in [3.8, 4) is 28.2 Å². The fourth-order valence-corrected chi connectivity index (χ4v) is 6.81. The summed E-state index contributed by atoms with van der Waals surface area (Å²) in [6, 6.07) is 7.15. The first kappa shape index (κ1) is 52.3. The predicted octanol–water partition coefficient (Wildman–Crippen LogP) is 1.47. The summed E-state index contributed by atoms with van der Waals surface area (Å²) in [5.74, 6) is -8.82. The number of carbonyl (C=O) groups excluding carboxylic acids is 4. The monoisotopic (exact) mass is 965 g/mol. The lowest BCUT2D eigenvalue weighted by molar-refractivity contribution is -0.142. The van der Waals surface area contributed by atoms with Crippen LogP contribution >= 0.6 is 12.2 Å². The quantitative estimate of drug-likeness (QED) is 0.0254. The number of carboxylic acid groups (broad SMARTS) is 5. The van der Waals surface area contributed by atoms with E-state index in [0.29, 0.717) is 27.8 Å². The molecule has 5 amide bonds. The molecule has 3 atom stereocenters. The summed E-state index contributed by atoms with van der Waals surface area (Å²) in [6.45, 7) is -0.0559. The van der Waals surface area contributed by atoms with E-state index in [0.717, 1.165) is 0 Å². The highest BCUT2D eigenvalue weighted by atomic mass is 32.1. The Morgan fingerprint density at radius 3 is 1.75 bits per heavy atom. The topological polar surface area (TPSA) is 389 Å². The molecule has 2 aromatic rings. The van der Waals surface area contributed by atoms with Crippen LogP contribution in [-0.4, -0.2) is 127 Å². The molecule has 24 nitrogen and oxygen atoms in total. The molecular weight excluding hydrogens is 919 g/mol. The second-order valence-corrected chi connectivity index (χ2v) is 15.3. The van der Waals surface area contributed by atoms with Crippen LogP contribution in [0.1, 0.15) is 61.7 Å². The van der Waals surface area contributed by atoms with Crippen molar-refractivity contribution < 1.29 is 78.2 Å². The zero-order valence-corrected chi connectivity index (χ0v) is 36.6. The van der Waals surface area contributed by atoms with E-state index in [1.54, 1.807) is 18.2 Å². The fourth-order valence-electron chi connectivity index (χ4n) is 6.59. The molecule has 0 saturated heterocycles. The molecule has 13 N–H and O–H groups in total. The zero-order chi connectivity index (χ0) is 50.1. The van der Waals surface area contributed by atoms with Crippen molar-refractivity contribution in [1.29, 1.82) is 0 Å². The fraction of sp³-hybridized carbons (Fsp3) is 0.326. The van der Waals surface area contributed by atoms with Gasteiger partial charge in [-0.2, -0.15) is 0 Å². The number of anilines is 1. The molecule has 2 aromatic carbocycles. The van der Waals surface area contributed by atoms with Crippen LogP contribution < -0.4 is 42.6 Å². The number of fused-ring (bicyclic) bond motifs is 2. The SMILES string of the molecule is O=C(O)CC[C@H](NC(=O)N[C@@H](CCC(=O)NCCNC(=O)CC[C@H](NC(=O)CCCNC(=S)Nc1ccc(-c2c3ccc(=O)cc-3oc3cc(O)ccc23)c(C(=O)O)c1)C(=O)O)C(=O)O)C(=O)O. The number of urea groups is 1. The lowest BCUT2D eigenvalue weighted by Gasteiger charge is -2.18. The van der Waals surface area contributed by atoms with Crippen molar-refractivity contribution in [3.05, 3.63) is 70.4 Å². The lowest BCUT2D eigenvalue weighted by Crippen LogP contribution is -2.51. The van der Waals surface area contributed by atoms with E-state index in [4.69, 9.17) is 26.8 Å². The molecule has 0 unspecified atom stereocenters. The lowest BCUT2D eigenvalue weighted by atomic mass is 9.90. The van der Waals surface area contributed by atoms with E-state index in [1.165, 1.54) is 36.4 Å². The molecule has 0 spiro atoms. The summed E-state index contributed by atoms with van der Waals surface area (Å²) in [4.78, 5) is 119. The normalized spacial score (nSPS) is 12.1. The molecule has 362 valence electrons. The van der Waals surface area contributed by atoms with Crippen LogP contribution in [0.3, 0.4) is 0 Å². The first-order chi connectivity index (χ1) is 32.2. The summed E-state index contributed by atoms with van der Waals surface area (Å²) in [5.41, 5.74) is 1.31. The number of phenolic OH excluding ortho intramolecular Hbond substituents is 1. The highest BCUT2D eigenvalue weighted by Gasteiger charge is 2.27. The maximum atomic E-state index is 12.6. The third kappa shape index (κ3) is 16.0. The van der Waals surface area contributed by atoms with Gasteiger partial charge >= 0.3 is 35.9 Å². The number of amides is 5. The number of aromatic carboxylic acids is 1. The molecule has 0 bridgehead atoms. The Kier molecular flexibility index (Phi) is 19.1. The Labute approximate surface area is 389 Å². The van der Waals surface area contributed by atoms with E-state index in [9.17, 15) is 68.4 Å². The van der Waals surface area contributed by atoms with E-state index >= 15 is 0 Å². The first-order valence-corrected chi connectivity index (χ1v) is 21.0. The molecule has 1 heterocycles. The average molecular weight is 966 g/mol. The zero-order valence-electron chi connectivity index (χ0n) is 35.8. The second kappa shape index (κ2) is 24.8. The number of carbonyl (C=O) groups is 9. The smallest absolute Gasteiger partial charge is 0.336 e. The van der Waals surface area contributed by atoms with Crippen molar-refractivity contribution in [2.45, 2.75) is 69.5 Å². The molecule has 25 heteroatoms. The molecule has 0 aromatic heterocycles. The maximum Gasteiger partial charge on any atom is 0.336 e. The average Bonchev–Trinajstić information content (AvgIpc) is 3.26. The van der Waals surface area contributed by atoms with Gasteiger partial charge in [-0.15, -0.1) is 0 Å². The Morgan fingerprint density at radius 1 is 0.603 bits per heavy atom. The van der Waals surface area contributed by atoms with E-state index in [-0.39, 0.29) is 78.5 Å². The Morgan fingerprint density at radius 2 is 1.18 bits per heavy atom. The minimum atomic E-state index is -1.61. The Balaban J connectivity index is 1.17. The van der Waals surface area contributed by atoms with Crippen LogP contribution in [0.15, 0.2) is 63.8 Å². The standard InChI is InChI=1S/C43H47N7O17S/c51-22-4-7-25-31(19-22)67-32-20-23(52)5-8-26(32)37(25)24-6-3-21(18-27(24)38(58)59)47-43(68)46-15-1-2-35(55)48-28(39(60)61)9-12-33(53)44-16-17-45-34(54)13-10-29(40(62)63)49-42(66)50-30(41(64)65)11-14-36(56)57/h3-8,18-20,28-30,51H,1-2,9-17H2,(H,44,53)(H,45,54)(H,48,55)(H,56,57)(H,58,59)(H,60,61)(H,62,63)(H,64,65)(H2,46,47,68)(H2,49,50,66)/t28-,29-,30-/m0/s1. The molecule has 0 fully saturated rings. The third-order valence-electron chi connectivity index (χ3n) is 9.90. The van der Waals surface area contributed by atoms with Crippen molar-refractivity contribution in [1.82, 2.24) is 31.9 Å². The minimum Gasteiger partial charge on any atom is -0.508 e. The number of benzene rings is 3. The van der Waals surface area contributed by atoms with Gasteiger partial charge in [-0.25, -0.2) is 24.0 Å². The van der Waals surface area contributed by atoms with Crippen LogP contribution in [0.2, 0.25) is 0 Å². The van der Waals surface area contributed by atoms with Crippen molar-refractivity contribution in [2.24, 2.45) is 0 Å². The van der Waals surface area contributed by atoms with Gasteiger partial charge in [0.25, 0.3) is 0 Å². The van der Waals surface area contributed by atoms with Gasteiger partial charge in [0.2, 0.25) is 17.7 Å². The number of nitrogens with one attached hydrogen (secondary N) is 7. The molecule has 1 aliphatic carbocycles. The number of thiocarbonyl (C=S) groups is 1. The summed E-state index contributed by atoms with van der Waals surface area (Å²) in [5, 5.41) is 74.7. The first-order valence-electron chi connectivity index (χ1n) is 20.6. The molecule has 2 aliphatic rings. The number of hydrogen-bond donors (Lipinski definition) is 13. The summed E-state index contributed by atoms with van der Waals surface area (Å²) < 4.78 is 5.86. The van der Waals surface area contributed by atoms with Gasteiger partial charge in [0.1, 0.15) is 35.2 Å². The molecule has 1 aliphatic heterocycles. The molecule has 0 saturated carbocycles. The highest BCUT2D eigenvalue weighted by molar-refractivity contribution is 7.80. The van der Waals surface area contributed by atoms with Crippen molar-refractivity contribution >= 4 is 87.6 Å². The van der Waals surface area contributed by atoms with Gasteiger partial charge in [-0.05, 0) is 79.9 Å². The number of carboxylic acids is 5. The van der Waals surface area contributed by atoms with Gasteiger partial charge in [0.15, 0.2) is 10.5 Å². The molecule has 4 rings (SSSR count). The third-order valence-corrected chi connectivity index (χ3v) is 10.1. The van der Waals surface area contributed by atoms with Gasteiger partial charge in [-0.3, -0.25) is 24.0 Å². The predicted molar refractivity (Wildman–Crippen MR) is 242 cm³/mol. The molecular formula is C43H47N7O17S. The summed E-state index contributed by atoms with van der Waals surface area (Å²) in [7, 11) is 0. The highest BCUT2D eigenvalue weighted by Crippen LogP contribution is 2.42. The number of hydrogen-bond acceptors (Lipinski definition) is 13. The molecule has 68 heavy (non-hydrogen) atoms. The second-order valence-electron chi connectivity index (χ2n) is 14.9. The van der Waals surface area contributed by atoms with E-state index < -0.39 is 97.4 Å². The Bertz CT molecular complexity index is 2620. The van der Waals surface area contributed by atoms with Gasteiger partial charge in [0, 0.05) is 79.7 Å². The summed E-state index contributed by atoms with van der Waals surface area (Å²) in [6.07, 6.45) is -2.37. The van der Waals surface area contributed by atoms with Crippen molar-refractivity contribution in [3.63, 3.8) is 0 Å². The van der Waals surface area contributed by atoms with E-state index in [2.05, 4.69) is 26.6 Å². The number of aliphatic carboxylic acids is 4. The van der Waals surface area contributed by atoms with Gasteiger partial charge in [0.05, 0.1) is 5.56 Å². The van der Waals surface area contributed by atoms with Gasteiger partial charge < -0.3 is 72.3 Å². The van der Waals surface area contributed by atoms with Crippen LogP contribution in [0.5, 0.6) is 5.75 Å². The van der Waals surface area contributed by atoms with Crippen LogP contribution in [0, 0.1) is 0 Å². The number of aromatic hydroxyl groups is 1. The number of rotatable bonds is 25. The van der Waals surface area contributed by atoms with Crippen LogP contribution in [0.25, 0.3) is 33.4 Å². The largest absolute Gasteiger partial charge is 0.508 e. The van der Waals surface area contributed by atoms with Crippen LogP contribution in [0.4, 0.5) is 10.5 Å². The minimum absolute atomic E-state index is 0.0873. The molecule has 0 radical (unpaired) electrons. The number of phenols is 1. The van der Waals surface area contributed by atoms with Crippen molar-refractivity contribution in [2.75, 3.05) is 25.0 Å². The summed E-state index contributed by atoms with van der Waals surface area (Å²) >= 11 is 5.35. The maximum absolute atomic E-state index is 12.6. The van der Waals surface area contributed by atoms with Gasteiger partial charge in [-0.1, -0.05) is 6.07 Å².